The summed E-state index contributed by atoms with van der Waals surface area (Å²) in [6.45, 7) is 8.35. The van der Waals surface area contributed by atoms with E-state index in [0.29, 0.717) is 37.9 Å². The lowest BCUT2D eigenvalue weighted by molar-refractivity contribution is -0.427. The molecule has 0 heterocycles. The van der Waals surface area contributed by atoms with E-state index in [9.17, 15) is 9.59 Å². The van der Waals surface area contributed by atoms with Crippen LogP contribution in [-0.2, 0) is 29.0 Å². The van der Waals surface area contributed by atoms with Crippen LogP contribution in [0.2, 0.25) is 0 Å². The van der Waals surface area contributed by atoms with E-state index in [1.54, 1.807) is 48.5 Å². The molecule has 10 nitrogen and oxygen atoms in total. The third-order valence-electron chi connectivity index (χ3n) is 6.01. The van der Waals surface area contributed by atoms with Gasteiger partial charge in [0.1, 0.15) is 18.1 Å². The maximum Gasteiger partial charge on any atom is 0.373 e. The SMILES string of the molecule is CCCCCCOc1ccc(C(=O)OOC(COCCOCC)OOC(=O)c2ccc(OCCCCCC)cc2)cc1. The Hall–Kier alpha value is -3.18. The van der Waals surface area contributed by atoms with E-state index in [2.05, 4.69) is 13.8 Å². The lowest BCUT2D eigenvalue weighted by Gasteiger charge is -2.15. The molecule has 0 saturated carbocycles. The summed E-state index contributed by atoms with van der Waals surface area (Å²) in [6.07, 6.45) is 7.53. The van der Waals surface area contributed by atoms with Crippen LogP contribution in [0.3, 0.4) is 0 Å². The summed E-state index contributed by atoms with van der Waals surface area (Å²) < 4.78 is 22.1. The standard InChI is InChI=1S/C32H46O10/c1-4-7-9-11-21-37-28-17-13-26(14-18-28)31(33)41-39-30(25-36-24-23-35-6-3)40-42-32(34)27-15-19-29(20-16-27)38-22-12-10-8-5-2/h13-20,30H,4-12,21-25H2,1-3H3. The fraction of sp³-hybridized carbons (Fsp3) is 0.562. The molecule has 0 aliphatic rings. The highest BCUT2D eigenvalue weighted by molar-refractivity contribution is 5.89. The van der Waals surface area contributed by atoms with Crippen molar-refractivity contribution < 1.29 is 48.1 Å². The minimum Gasteiger partial charge on any atom is -0.494 e. The monoisotopic (exact) mass is 590 g/mol. The van der Waals surface area contributed by atoms with Crippen LogP contribution in [-0.4, -0.2) is 57.9 Å². The van der Waals surface area contributed by atoms with E-state index in [0.717, 1.165) is 38.5 Å². The minimum atomic E-state index is -1.34. The molecular formula is C32H46O10. The van der Waals surface area contributed by atoms with Crippen molar-refractivity contribution in [2.45, 2.75) is 78.4 Å². The fourth-order valence-corrected chi connectivity index (χ4v) is 3.62. The van der Waals surface area contributed by atoms with Gasteiger partial charge in [-0.05, 0) is 68.3 Å². The summed E-state index contributed by atoms with van der Waals surface area (Å²) in [5, 5.41) is 0. The average Bonchev–Trinajstić information content (AvgIpc) is 3.02. The zero-order chi connectivity index (χ0) is 30.3. The van der Waals surface area contributed by atoms with Gasteiger partial charge < -0.3 is 18.9 Å². The Morgan fingerprint density at radius 1 is 0.571 bits per heavy atom. The number of carbonyl (C=O) groups is 2. The molecule has 0 fully saturated rings. The zero-order valence-electron chi connectivity index (χ0n) is 25.2. The second-order valence-electron chi connectivity index (χ2n) is 9.50. The molecule has 0 amide bonds. The van der Waals surface area contributed by atoms with Crippen LogP contribution in [0.4, 0.5) is 0 Å². The Morgan fingerprint density at radius 2 is 1.02 bits per heavy atom. The van der Waals surface area contributed by atoms with Gasteiger partial charge in [0.05, 0.1) is 37.6 Å². The molecule has 0 saturated heterocycles. The van der Waals surface area contributed by atoms with Gasteiger partial charge in [0.25, 0.3) is 6.29 Å². The Kier molecular flexibility index (Phi) is 18.7. The molecule has 2 aromatic carbocycles. The average molecular weight is 591 g/mol. The number of hydrogen-bond acceptors (Lipinski definition) is 10. The van der Waals surface area contributed by atoms with Gasteiger partial charge in [-0.1, -0.05) is 52.4 Å². The molecule has 0 aliphatic heterocycles. The number of ether oxygens (including phenoxy) is 4. The molecule has 0 bridgehead atoms. The molecule has 0 radical (unpaired) electrons. The Balaban J connectivity index is 1.83. The van der Waals surface area contributed by atoms with Crippen LogP contribution in [0, 0.1) is 0 Å². The van der Waals surface area contributed by atoms with Gasteiger partial charge in [-0.15, -0.1) is 9.78 Å². The Morgan fingerprint density at radius 3 is 1.45 bits per heavy atom. The van der Waals surface area contributed by atoms with E-state index in [-0.39, 0.29) is 24.3 Å². The highest BCUT2D eigenvalue weighted by Gasteiger charge is 2.20. The summed E-state index contributed by atoms with van der Waals surface area (Å²) in [5.74, 6) is -0.203. The van der Waals surface area contributed by atoms with Crippen LogP contribution in [0.25, 0.3) is 0 Å². The number of carbonyl (C=O) groups excluding carboxylic acids is 2. The van der Waals surface area contributed by atoms with Crippen molar-refractivity contribution in [1.82, 2.24) is 0 Å². The van der Waals surface area contributed by atoms with Gasteiger partial charge in [-0.2, -0.15) is 0 Å². The van der Waals surface area contributed by atoms with E-state index < -0.39 is 18.2 Å². The van der Waals surface area contributed by atoms with Crippen molar-refractivity contribution in [3.8, 4) is 11.5 Å². The smallest absolute Gasteiger partial charge is 0.373 e. The lowest BCUT2D eigenvalue weighted by atomic mass is 10.2. The number of benzene rings is 2. The van der Waals surface area contributed by atoms with Gasteiger partial charge >= 0.3 is 11.9 Å². The molecule has 2 aromatic rings. The molecule has 234 valence electrons. The molecule has 10 heteroatoms. The van der Waals surface area contributed by atoms with Crippen LogP contribution in [0.1, 0.15) is 92.9 Å². The predicted octanol–water partition coefficient (Wildman–Crippen LogP) is 6.86. The summed E-state index contributed by atoms with van der Waals surface area (Å²) in [7, 11) is 0. The van der Waals surface area contributed by atoms with E-state index in [4.69, 9.17) is 38.5 Å². The first kappa shape index (κ1) is 35.0. The van der Waals surface area contributed by atoms with E-state index in [1.807, 2.05) is 6.92 Å². The number of hydrogen-bond donors (Lipinski definition) is 0. The van der Waals surface area contributed by atoms with E-state index in [1.165, 1.54) is 12.8 Å². The molecule has 0 unspecified atom stereocenters. The number of unbranched alkanes of at least 4 members (excludes halogenated alkanes) is 6. The van der Waals surface area contributed by atoms with E-state index >= 15 is 0 Å². The third kappa shape index (κ3) is 15.2. The first-order chi connectivity index (χ1) is 20.6. The molecule has 42 heavy (non-hydrogen) atoms. The van der Waals surface area contributed by atoms with Crippen LogP contribution in [0.5, 0.6) is 11.5 Å². The summed E-state index contributed by atoms with van der Waals surface area (Å²) in [6, 6.07) is 13.0. The Labute approximate surface area is 249 Å². The predicted molar refractivity (Wildman–Crippen MR) is 156 cm³/mol. The third-order valence-corrected chi connectivity index (χ3v) is 6.01. The van der Waals surface area contributed by atoms with Gasteiger partial charge in [-0.3, -0.25) is 9.78 Å². The minimum absolute atomic E-state index is 0.191. The van der Waals surface area contributed by atoms with Crippen molar-refractivity contribution in [2.24, 2.45) is 0 Å². The van der Waals surface area contributed by atoms with Crippen molar-refractivity contribution in [3.63, 3.8) is 0 Å². The molecular weight excluding hydrogens is 544 g/mol. The number of rotatable bonds is 24. The molecule has 0 N–H and O–H groups in total. The molecule has 0 spiro atoms. The first-order valence-electron chi connectivity index (χ1n) is 14.9. The maximum absolute atomic E-state index is 12.5. The van der Waals surface area contributed by atoms with Gasteiger partial charge in [0, 0.05) is 6.61 Å². The zero-order valence-corrected chi connectivity index (χ0v) is 25.2. The molecule has 2 rings (SSSR count). The second kappa shape index (κ2) is 22.4. The molecule has 0 aliphatic carbocycles. The largest absolute Gasteiger partial charge is 0.494 e. The normalized spacial score (nSPS) is 11.0. The van der Waals surface area contributed by atoms with Crippen molar-refractivity contribution >= 4 is 11.9 Å². The highest BCUT2D eigenvalue weighted by Crippen LogP contribution is 2.16. The topological polar surface area (TPSA) is 108 Å². The van der Waals surface area contributed by atoms with Gasteiger partial charge in [0.15, 0.2) is 0 Å². The van der Waals surface area contributed by atoms with Gasteiger partial charge in [0.2, 0.25) is 0 Å². The molecule has 0 aromatic heterocycles. The van der Waals surface area contributed by atoms with Crippen molar-refractivity contribution in [3.05, 3.63) is 59.7 Å². The van der Waals surface area contributed by atoms with Crippen LogP contribution < -0.4 is 9.47 Å². The fourth-order valence-electron chi connectivity index (χ4n) is 3.62. The first-order valence-corrected chi connectivity index (χ1v) is 14.9. The summed E-state index contributed by atoms with van der Waals surface area (Å²) >= 11 is 0. The summed E-state index contributed by atoms with van der Waals surface area (Å²) in [4.78, 5) is 45.1. The van der Waals surface area contributed by atoms with Crippen molar-refractivity contribution in [1.29, 1.82) is 0 Å². The van der Waals surface area contributed by atoms with Crippen LogP contribution >= 0.6 is 0 Å². The Bertz CT molecular complexity index is 904. The van der Waals surface area contributed by atoms with Crippen LogP contribution in [0.15, 0.2) is 48.5 Å². The van der Waals surface area contributed by atoms with Crippen molar-refractivity contribution in [2.75, 3.05) is 39.6 Å². The maximum atomic E-state index is 12.5. The second-order valence-corrected chi connectivity index (χ2v) is 9.50. The van der Waals surface area contributed by atoms with Gasteiger partial charge in [-0.25, -0.2) is 9.59 Å². The molecule has 0 atom stereocenters. The highest BCUT2D eigenvalue weighted by atomic mass is 17.3. The quantitative estimate of drug-likeness (QED) is 0.0557. The lowest BCUT2D eigenvalue weighted by Crippen LogP contribution is -2.27. The summed E-state index contributed by atoms with van der Waals surface area (Å²) in [5.41, 5.74) is 0.489.